The van der Waals surface area contributed by atoms with Gasteiger partial charge in [0.25, 0.3) is 0 Å². The van der Waals surface area contributed by atoms with Gasteiger partial charge in [0.2, 0.25) is 0 Å². The lowest BCUT2D eigenvalue weighted by molar-refractivity contribution is -0.146. The summed E-state index contributed by atoms with van der Waals surface area (Å²) in [5.74, 6) is 0. The maximum atomic E-state index is 11.8. The van der Waals surface area contributed by atoms with E-state index in [1.165, 1.54) is 4.90 Å². The van der Waals surface area contributed by atoms with Gasteiger partial charge in [0.05, 0.1) is 6.54 Å². The van der Waals surface area contributed by atoms with Crippen molar-refractivity contribution in [2.45, 2.75) is 19.0 Å². The van der Waals surface area contributed by atoms with Gasteiger partial charge < -0.3 is 0 Å². The van der Waals surface area contributed by atoms with Crippen molar-refractivity contribution >= 4 is 0 Å². The Labute approximate surface area is 64.2 Å². The molecule has 1 saturated heterocycles. The Morgan fingerprint density at radius 2 is 1.73 bits per heavy atom. The number of rotatable bonds is 1. The number of likely N-dealkylation sites (tertiary alicyclic amines) is 1. The zero-order valence-corrected chi connectivity index (χ0v) is 6.19. The molecule has 0 saturated carbocycles. The third-order valence-corrected chi connectivity index (χ3v) is 1.70. The highest BCUT2D eigenvalue weighted by Crippen LogP contribution is 2.18. The smallest absolute Gasteiger partial charge is 0.295 e. The first kappa shape index (κ1) is 8.84. The molecule has 1 aliphatic rings. The van der Waals surface area contributed by atoms with Gasteiger partial charge in [-0.05, 0) is 32.4 Å². The van der Waals surface area contributed by atoms with E-state index < -0.39 is 12.7 Å². The summed E-state index contributed by atoms with van der Waals surface area (Å²) >= 11 is 0. The van der Waals surface area contributed by atoms with Gasteiger partial charge >= 0.3 is 6.18 Å². The highest BCUT2D eigenvalue weighted by Gasteiger charge is 2.30. The Kier molecular flexibility index (Phi) is 2.76. The summed E-state index contributed by atoms with van der Waals surface area (Å²) in [7, 11) is 0. The topological polar surface area (TPSA) is 3.24 Å². The van der Waals surface area contributed by atoms with Crippen molar-refractivity contribution in [1.82, 2.24) is 4.90 Å². The van der Waals surface area contributed by atoms with Gasteiger partial charge in [-0.1, -0.05) is 0 Å². The van der Waals surface area contributed by atoms with Crippen LogP contribution in [-0.4, -0.2) is 30.7 Å². The van der Waals surface area contributed by atoms with Crippen molar-refractivity contribution in [2.75, 3.05) is 19.6 Å². The second kappa shape index (κ2) is 3.43. The molecule has 0 aromatic heterocycles. The van der Waals surface area contributed by atoms with E-state index in [0.29, 0.717) is 13.1 Å². The maximum Gasteiger partial charge on any atom is 0.401 e. The second-order valence-electron chi connectivity index (χ2n) is 2.76. The lowest BCUT2D eigenvalue weighted by Crippen LogP contribution is -2.37. The summed E-state index contributed by atoms with van der Waals surface area (Å²) in [6, 6.07) is 0. The van der Waals surface area contributed by atoms with Crippen molar-refractivity contribution in [3.8, 4) is 0 Å². The first-order valence-electron chi connectivity index (χ1n) is 3.69. The van der Waals surface area contributed by atoms with Gasteiger partial charge in [-0.3, -0.25) is 4.90 Å². The molecule has 1 nitrogen and oxygen atoms in total. The second-order valence-corrected chi connectivity index (χ2v) is 2.76. The minimum atomic E-state index is -4.03. The molecule has 0 atom stereocenters. The fourth-order valence-corrected chi connectivity index (χ4v) is 1.22. The molecule has 0 aromatic rings. The Morgan fingerprint density at radius 3 is 2.18 bits per heavy atom. The summed E-state index contributed by atoms with van der Waals surface area (Å²) in [4.78, 5) is 1.44. The number of hydrogen-bond acceptors (Lipinski definition) is 1. The molecule has 0 amide bonds. The van der Waals surface area contributed by atoms with Crippen LogP contribution < -0.4 is 0 Å². The summed E-state index contributed by atoms with van der Waals surface area (Å²) < 4.78 is 35.4. The third-order valence-electron chi connectivity index (χ3n) is 1.70. The molecular formula is C7H11F3N. The van der Waals surface area contributed by atoms with E-state index in [1.54, 1.807) is 0 Å². The van der Waals surface area contributed by atoms with Crippen molar-refractivity contribution in [3.05, 3.63) is 6.42 Å². The van der Waals surface area contributed by atoms with E-state index in [9.17, 15) is 13.2 Å². The molecule has 11 heavy (non-hydrogen) atoms. The highest BCUT2D eigenvalue weighted by atomic mass is 19.4. The average Bonchev–Trinajstić information content (AvgIpc) is 1.85. The van der Waals surface area contributed by atoms with Crippen LogP contribution in [0.5, 0.6) is 0 Å². The number of piperidine rings is 1. The molecule has 1 aliphatic heterocycles. The van der Waals surface area contributed by atoms with Gasteiger partial charge in [0.15, 0.2) is 0 Å². The third kappa shape index (κ3) is 3.60. The van der Waals surface area contributed by atoms with Crippen LogP contribution in [0.1, 0.15) is 12.8 Å². The van der Waals surface area contributed by atoms with Crippen LogP contribution >= 0.6 is 0 Å². The fraction of sp³-hybridized carbons (Fsp3) is 0.857. The molecule has 0 spiro atoms. The summed E-state index contributed by atoms with van der Waals surface area (Å²) in [5.41, 5.74) is 0. The van der Waals surface area contributed by atoms with Crippen LogP contribution in [0.2, 0.25) is 0 Å². The Morgan fingerprint density at radius 1 is 1.18 bits per heavy atom. The number of alkyl halides is 3. The number of halogens is 3. The van der Waals surface area contributed by atoms with Crippen LogP contribution in [0.15, 0.2) is 0 Å². The number of hydrogen-bond donors (Lipinski definition) is 0. The highest BCUT2D eigenvalue weighted by molar-refractivity contribution is 4.77. The zero-order valence-electron chi connectivity index (χ0n) is 6.19. The van der Waals surface area contributed by atoms with Gasteiger partial charge in [0, 0.05) is 0 Å². The Hall–Kier alpha value is -0.250. The molecule has 4 heteroatoms. The minimum Gasteiger partial charge on any atom is -0.295 e. The molecule has 0 unspecified atom stereocenters. The van der Waals surface area contributed by atoms with Crippen molar-refractivity contribution in [1.29, 1.82) is 0 Å². The standard InChI is InChI=1S/C7H11F3N/c8-7(9,10)6-11-4-2-1-3-5-11/h1H,2-6H2. The summed E-state index contributed by atoms with van der Waals surface area (Å²) in [5, 5.41) is 0. The summed E-state index contributed by atoms with van der Waals surface area (Å²) in [6.45, 7) is 0.361. The van der Waals surface area contributed by atoms with E-state index in [4.69, 9.17) is 0 Å². The van der Waals surface area contributed by atoms with Gasteiger partial charge in [0.1, 0.15) is 0 Å². The lowest BCUT2D eigenvalue weighted by atomic mass is 10.1. The van der Waals surface area contributed by atoms with Crippen LogP contribution in [0, 0.1) is 6.42 Å². The Balaban J connectivity index is 2.24. The van der Waals surface area contributed by atoms with Crippen molar-refractivity contribution < 1.29 is 13.2 Å². The van der Waals surface area contributed by atoms with Gasteiger partial charge in [-0.25, -0.2) is 0 Å². The van der Waals surface area contributed by atoms with Gasteiger partial charge in [-0.15, -0.1) is 0 Å². The van der Waals surface area contributed by atoms with E-state index in [-0.39, 0.29) is 0 Å². The largest absolute Gasteiger partial charge is 0.401 e. The van der Waals surface area contributed by atoms with Crippen molar-refractivity contribution in [3.63, 3.8) is 0 Å². The van der Waals surface area contributed by atoms with Crippen LogP contribution in [-0.2, 0) is 0 Å². The predicted octanol–water partition coefficient (Wildman–Crippen LogP) is 1.85. The molecule has 0 aromatic carbocycles. The van der Waals surface area contributed by atoms with E-state index in [1.807, 2.05) is 6.42 Å². The molecule has 65 valence electrons. The van der Waals surface area contributed by atoms with Crippen LogP contribution in [0.3, 0.4) is 0 Å². The monoisotopic (exact) mass is 166 g/mol. The molecule has 1 radical (unpaired) electrons. The van der Waals surface area contributed by atoms with E-state index >= 15 is 0 Å². The van der Waals surface area contributed by atoms with Crippen molar-refractivity contribution in [2.24, 2.45) is 0 Å². The predicted molar refractivity (Wildman–Crippen MR) is 36.0 cm³/mol. The molecule has 1 heterocycles. The number of nitrogens with zero attached hydrogens (tertiary/aromatic N) is 1. The molecule has 0 bridgehead atoms. The molecule has 0 N–H and O–H groups in total. The first-order chi connectivity index (χ1) is 5.08. The normalized spacial score (nSPS) is 22.1. The maximum absolute atomic E-state index is 11.8. The first-order valence-corrected chi connectivity index (χ1v) is 3.69. The lowest BCUT2D eigenvalue weighted by Gasteiger charge is -2.26. The minimum absolute atomic E-state index is 0.555. The van der Waals surface area contributed by atoms with Crippen LogP contribution in [0.25, 0.3) is 0 Å². The summed E-state index contributed by atoms with van der Waals surface area (Å²) in [6.07, 6.45) is -0.420. The quantitative estimate of drug-likeness (QED) is 0.574. The van der Waals surface area contributed by atoms with Gasteiger partial charge in [-0.2, -0.15) is 13.2 Å². The van der Waals surface area contributed by atoms with E-state index in [0.717, 1.165) is 12.8 Å². The molecule has 0 aliphatic carbocycles. The zero-order chi connectivity index (χ0) is 8.32. The molecule has 1 rings (SSSR count). The fourth-order valence-electron chi connectivity index (χ4n) is 1.22. The van der Waals surface area contributed by atoms with Crippen LogP contribution in [0.4, 0.5) is 13.2 Å². The molecular weight excluding hydrogens is 155 g/mol. The SMILES string of the molecule is FC(F)(F)CN1CC[CH]CC1. The van der Waals surface area contributed by atoms with E-state index in [2.05, 4.69) is 0 Å². The molecule has 1 fully saturated rings. The Bertz CT molecular complexity index is 115. The average molecular weight is 166 g/mol.